The van der Waals surface area contributed by atoms with Crippen molar-refractivity contribution in [2.24, 2.45) is 0 Å². The Kier molecular flexibility index (Phi) is 17.4. The topological polar surface area (TPSA) is 197 Å². The molecule has 6 aromatic carbocycles. The highest BCUT2D eigenvalue weighted by Crippen LogP contribution is 2.31. The SMILES string of the molecule is CCC(=O)Cc1ccc(/C=C/c2ccc(OC(C)(C)C)c(O)c2)cc1O.COc1cc(/C=C/c2ccc(O)c(CO)c2)ccc1O.Oc1ccc(/C=C/c2cc(O)cc(O)c2)cc1. The minimum Gasteiger partial charge on any atom is -0.508 e. The fourth-order valence-electron chi connectivity index (χ4n) is 5.74. The number of ether oxygens (including phenoxy) is 2. The number of carbonyl (C=O) groups excluding carboxylic acids is 1. The zero-order valence-electron chi connectivity index (χ0n) is 35.9. The van der Waals surface area contributed by atoms with Crippen molar-refractivity contribution in [1.82, 2.24) is 0 Å². The minimum atomic E-state index is -0.382. The van der Waals surface area contributed by atoms with Crippen LogP contribution in [0.4, 0.5) is 0 Å². The lowest BCUT2D eigenvalue weighted by Gasteiger charge is -2.21. The van der Waals surface area contributed by atoms with Crippen molar-refractivity contribution < 1.29 is 55.1 Å². The summed E-state index contributed by atoms with van der Waals surface area (Å²) in [6.45, 7) is 7.36. The normalized spacial score (nSPS) is 11.2. The zero-order valence-corrected chi connectivity index (χ0v) is 35.9. The van der Waals surface area contributed by atoms with Crippen LogP contribution in [0.25, 0.3) is 36.5 Å². The average molecular weight is 855 g/mol. The van der Waals surface area contributed by atoms with Gasteiger partial charge in [0.2, 0.25) is 0 Å². The summed E-state index contributed by atoms with van der Waals surface area (Å²) in [6, 6.07) is 31.6. The highest BCUT2D eigenvalue weighted by Gasteiger charge is 2.14. The molecule has 0 aliphatic rings. The van der Waals surface area contributed by atoms with E-state index in [0.717, 1.165) is 27.8 Å². The average Bonchev–Trinajstić information content (AvgIpc) is 3.24. The van der Waals surface area contributed by atoms with E-state index in [9.17, 15) is 35.4 Å². The van der Waals surface area contributed by atoms with Gasteiger partial charge in [-0.3, -0.25) is 4.79 Å². The largest absolute Gasteiger partial charge is 0.508 e. The number of methoxy groups -OCH3 is 1. The van der Waals surface area contributed by atoms with Crippen LogP contribution in [-0.2, 0) is 17.8 Å². The first-order valence-electron chi connectivity index (χ1n) is 20.0. The van der Waals surface area contributed by atoms with Crippen molar-refractivity contribution >= 4 is 42.2 Å². The van der Waals surface area contributed by atoms with Gasteiger partial charge in [-0.25, -0.2) is 0 Å². The fraction of sp³-hybridized carbons (Fsp3) is 0.173. The molecule has 0 atom stereocenters. The lowest BCUT2D eigenvalue weighted by molar-refractivity contribution is -0.118. The molecule has 0 fully saturated rings. The first kappa shape index (κ1) is 48.0. The summed E-state index contributed by atoms with van der Waals surface area (Å²) in [7, 11) is 1.50. The number of phenolic OH excluding ortho intramolecular Hbond substituents is 6. The van der Waals surface area contributed by atoms with Crippen LogP contribution in [0.3, 0.4) is 0 Å². The van der Waals surface area contributed by atoms with Crippen LogP contribution >= 0.6 is 0 Å². The van der Waals surface area contributed by atoms with Crippen LogP contribution in [0.5, 0.6) is 51.7 Å². The maximum absolute atomic E-state index is 11.5. The van der Waals surface area contributed by atoms with Gasteiger partial charge in [0.1, 0.15) is 40.1 Å². The van der Waals surface area contributed by atoms with Gasteiger partial charge in [0.25, 0.3) is 0 Å². The van der Waals surface area contributed by atoms with Crippen molar-refractivity contribution in [2.75, 3.05) is 7.11 Å². The number of aliphatic hydroxyl groups excluding tert-OH is 1. The Labute approximate surface area is 367 Å². The Morgan fingerprint density at radius 1 is 0.492 bits per heavy atom. The summed E-state index contributed by atoms with van der Waals surface area (Å²) in [5, 5.41) is 76.0. The molecule has 0 saturated heterocycles. The first-order chi connectivity index (χ1) is 29.9. The summed E-state index contributed by atoms with van der Waals surface area (Å²) in [5.41, 5.74) is 5.72. The molecule has 0 aromatic heterocycles. The third-order valence-corrected chi connectivity index (χ3v) is 8.99. The highest BCUT2D eigenvalue weighted by atomic mass is 16.5. The van der Waals surface area contributed by atoms with Crippen LogP contribution < -0.4 is 9.47 Å². The molecule has 0 heterocycles. The number of hydrogen-bond acceptors (Lipinski definition) is 11. The van der Waals surface area contributed by atoms with Crippen molar-refractivity contribution in [3.63, 3.8) is 0 Å². The van der Waals surface area contributed by atoms with Crippen LogP contribution in [0.15, 0.2) is 115 Å². The number of Topliss-reactive ketones (excluding diaryl/α,β-unsaturated/α-hetero) is 1. The number of rotatable bonds is 12. The van der Waals surface area contributed by atoms with Crippen molar-refractivity contribution in [2.45, 2.75) is 52.7 Å². The van der Waals surface area contributed by atoms with Crippen molar-refractivity contribution in [3.05, 3.63) is 160 Å². The lowest BCUT2D eigenvalue weighted by atomic mass is 10.0. The van der Waals surface area contributed by atoms with Gasteiger partial charge < -0.3 is 50.3 Å². The van der Waals surface area contributed by atoms with Gasteiger partial charge >= 0.3 is 0 Å². The number of aliphatic hydroxyl groups is 1. The lowest BCUT2D eigenvalue weighted by Crippen LogP contribution is -2.22. The van der Waals surface area contributed by atoms with Gasteiger partial charge in [0, 0.05) is 30.0 Å². The molecule has 6 rings (SSSR count). The second-order valence-electron chi connectivity index (χ2n) is 15.3. The molecule has 11 heteroatoms. The molecule has 0 bridgehead atoms. The molecule has 6 aromatic rings. The highest BCUT2D eigenvalue weighted by molar-refractivity contribution is 5.81. The predicted molar refractivity (Wildman–Crippen MR) is 249 cm³/mol. The fourth-order valence-corrected chi connectivity index (χ4v) is 5.74. The molecule has 11 nitrogen and oxygen atoms in total. The Morgan fingerprint density at radius 3 is 1.52 bits per heavy atom. The predicted octanol–water partition coefficient (Wildman–Crippen LogP) is 10.7. The summed E-state index contributed by atoms with van der Waals surface area (Å²) < 4.78 is 10.7. The monoisotopic (exact) mass is 854 g/mol. The number of phenols is 7. The molecule has 63 heavy (non-hydrogen) atoms. The number of ketones is 1. The van der Waals surface area contributed by atoms with E-state index < -0.39 is 0 Å². The Bertz CT molecular complexity index is 2470. The number of benzene rings is 6. The summed E-state index contributed by atoms with van der Waals surface area (Å²) >= 11 is 0. The molecule has 0 aliphatic carbocycles. The maximum atomic E-state index is 11.5. The molecule has 0 aliphatic heterocycles. The number of hydrogen-bond donors (Lipinski definition) is 8. The summed E-state index contributed by atoms with van der Waals surface area (Å²) in [4.78, 5) is 11.5. The Hall–Kier alpha value is -7.63. The zero-order chi connectivity index (χ0) is 46.1. The second-order valence-corrected chi connectivity index (χ2v) is 15.3. The van der Waals surface area contributed by atoms with E-state index in [0.29, 0.717) is 34.6 Å². The first-order valence-corrected chi connectivity index (χ1v) is 20.0. The Morgan fingerprint density at radius 2 is 0.984 bits per heavy atom. The summed E-state index contributed by atoms with van der Waals surface area (Å²) in [6.07, 6.45) is 11.7. The van der Waals surface area contributed by atoms with Crippen LogP contribution in [-0.4, -0.2) is 59.3 Å². The summed E-state index contributed by atoms with van der Waals surface area (Å²) in [5.74, 6) is 1.59. The number of aromatic hydroxyl groups is 7. The van der Waals surface area contributed by atoms with E-state index in [1.807, 2.05) is 70.2 Å². The van der Waals surface area contributed by atoms with E-state index >= 15 is 0 Å². The Balaban J connectivity index is 0.000000212. The molecule has 328 valence electrons. The molecular formula is C52H54O11. The molecule has 0 saturated carbocycles. The van der Waals surface area contributed by atoms with Gasteiger partial charge in [0.15, 0.2) is 23.0 Å². The van der Waals surface area contributed by atoms with E-state index in [4.69, 9.17) is 19.7 Å². The molecule has 0 radical (unpaired) electrons. The van der Waals surface area contributed by atoms with E-state index in [1.165, 1.54) is 13.2 Å². The third-order valence-electron chi connectivity index (χ3n) is 8.99. The van der Waals surface area contributed by atoms with Gasteiger partial charge in [-0.15, -0.1) is 0 Å². The van der Waals surface area contributed by atoms with Gasteiger partial charge in [-0.2, -0.15) is 0 Å². The molecule has 0 spiro atoms. The second kappa shape index (κ2) is 22.8. The van der Waals surface area contributed by atoms with E-state index in [2.05, 4.69) is 0 Å². The quantitative estimate of drug-likeness (QED) is 0.0545. The van der Waals surface area contributed by atoms with Gasteiger partial charge in [-0.05, 0) is 121 Å². The molecule has 8 N–H and O–H groups in total. The maximum Gasteiger partial charge on any atom is 0.161 e. The van der Waals surface area contributed by atoms with E-state index in [-0.39, 0.29) is 64.7 Å². The molecular weight excluding hydrogens is 801 g/mol. The van der Waals surface area contributed by atoms with E-state index in [1.54, 1.807) is 103 Å². The van der Waals surface area contributed by atoms with Crippen LogP contribution in [0, 0.1) is 0 Å². The number of carbonyl (C=O) groups is 1. The minimum absolute atomic E-state index is 0.0235. The molecule has 0 unspecified atom stereocenters. The smallest absolute Gasteiger partial charge is 0.161 e. The van der Waals surface area contributed by atoms with Crippen molar-refractivity contribution in [1.29, 1.82) is 0 Å². The van der Waals surface area contributed by atoms with Crippen LogP contribution in [0.2, 0.25) is 0 Å². The third kappa shape index (κ3) is 16.1. The van der Waals surface area contributed by atoms with Gasteiger partial charge in [-0.1, -0.05) is 85.8 Å². The van der Waals surface area contributed by atoms with Crippen molar-refractivity contribution in [3.8, 4) is 51.7 Å². The van der Waals surface area contributed by atoms with Gasteiger partial charge in [0.05, 0.1) is 13.7 Å². The van der Waals surface area contributed by atoms with Crippen LogP contribution in [0.1, 0.15) is 78.6 Å². The standard InChI is InChI=1S/C22H26O4.C16H16O4.C14H12O3/c1-5-18(23)14-17-10-8-15(12-19(17)24)6-7-16-9-11-21(20(25)13-16)26-22(2,3)4;1-20-16-9-12(5-7-15(16)19)3-2-11-4-6-14(18)13(8-11)10-17;15-12-5-3-10(4-6-12)1-2-11-7-13(16)9-14(17)8-11/h6-13,24-25H,5,14H2,1-4H3;2-9,17-19H,10H2,1H3;1-9,15-17H/b7-6+;3-2+;2-1+. The molecule has 0 amide bonds.